The number of cyclic esters (lactones) is 1. The molecule has 1 aliphatic heterocycles. The predicted molar refractivity (Wildman–Crippen MR) is 122 cm³/mol. The van der Waals surface area contributed by atoms with Crippen LogP contribution in [0.5, 0.6) is 0 Å². The fourth-order valence-corrected chi connectivity index (χ4v) is 3.90. The molecule has 31 heavy (non-hydrogen) atoms. The first kappa shape index (κ1) is 20.6. The average molecular weight is 412 g/mol. The molecule has 3 aromatic rings. The second-order valence-electron chi connectivity index (χ2n) is 8.21. The van der Waals surface area contributed by atoms with Crippen LogP contribution in [0.2, 0.25) is 0 Å². The summed E-state index contributed by atoms with van der Waals surface area (Å²) in [5, 5.41) is 0. The summed E-state index contributed by atoms with van der Waals surface area (Å²) in [5.41, 5.74) is 3.36. The standard InChI is InChI=1S/C27H25NO3/c1-27(2)24(19-20-10-5-3-6-11-20)28(26(30)31-27)25(29)17-16-21-12-9-15-23(18-21)22-13-7-4-8-14-22/h3-18,24H,19H2,1-2H3/b17-16+. The van der Waals surface area contributed by atoms with Crippen LogP contribution in [0.3, 0.4) is 0 Å². The molecule has 2 amide bonds. The summed E-state index contributed by atoms with van der Waals surface area (Å²) < 4.78 is 5.53. The second-order valence-corrected chi connectivity index (χ2v) is 8.21. The minimum Gasteiger partial charge on any atom is -0.441 e. The number of benzene rings is 3. The lowest BCUT2D eigenvalue weighted by Crippen LogP contribution is -2.45. The van der Waals surface area contributed by atoms with Crippen LogP contribution in [-0.2, 0) is 16.0 Å². The molecular weight excluding hydrogens is 386 g/mol. The van der Waals surface area contributed by atoms with E-state index in [1.165, 1.54) is 11.0 Å². The van der Waals surface area contributed by atoms with Gasteiger partial charge in [-0.05, 0) is 54.7 Å². The highest BCUT2D eigenvalue weighted by atomic mass is 16.6. The lowest BCUT2D eigenvalue weighted by molar-refractivity contribution is -0.124. The Morgan fingerprint density at radius 2 is 1.58 bits per heavy atom. The summed E-state index contributed by atoms with van der Waals surface area (Å²) in [5.74, 6) is -0.373. The van der Waals surface area contributed by atoms with E-state index in [4.69, 9.17) is 4.74 Å². The Morgan fingerprint density at radius 3 is 2.29 bits per heavy atom. The molecule has 4 heteroatoms. The SMILES string of the molecule is CC1(C)OC(=O)N(C(=O)/C=C/c2cccc(-c3ccccc3)c2)C1Cc1ccccc1. The maximum Gasteiger partial charge on any atom is 0.417 e. The molecule has 0 N–H and O–H groups in total. The molecule has 156 valence electrons. The van der Waals surface area contributed by atoms with E-state index < -0.39 is 11.7 Å². The van der Waals surface area contributed by atoms with Gasteiger partial charge in [0.2, 0.25) is 0 Å². The van der Waals surface area contributed by atoms with Crippen molar-refractivity contribution in [1.82, 2.24) is 4.90 Å². The van der Waals surface area contributed by atoms with Gasteiger partial charge in [0.25, 0.3) is 5.91 Å². The molecule has 1 aliphatic rings. The van der Waals surface area contributed by atoms with Gasteiger partial charge in [-0.2, -0.15) is 0 Å². The second kappa shape index (κ2) is 8.60. The molecular formula is C27H25NO3. The van der Waals surface area contributed by atoms with Crippen molar-refractivity contribution in [3.8, 4) is 11.1 Å². The molecule has 1 unspecified atom stereocenters. The van der Waals surface area contributed by atoms with Crippen LogP contribution in [0, 0.1) is 0 Å². The Hall–Kier alpha value is -3.66. The molecule has 1 atom stereocenters. The number of rotatable bonds is 5. The first-order valence-electron chi connectivity index (χ1n) is 10.4. The zero-order chi connectivity index (χ0) is 21.8. The van der Waals surface area contributed by atoms with Gasteiger partial charge in [0.05, 0.1) is 6.04 Å². The Morgan fingerprint density at radius 1 is 0.935 bits per heavy atom. The van der Waals surface area contributed by atoms with Crippen molar-refractivity contribution in [3.05, 3.63) is 102 Å². The Kier molecular flexibility index (Phi) is 5.72. The highest BCUT2D eigenvalue weighted by Crippen LogP contribution is 2.32. The molecule has 1 fully saturated rings. The van der Waals surface area contributed by atoms with E-state index in [9.17, 15) is 9.59 Å². The smallest absolute Gasteiger partial charge is 0.417 e. The number of hydrogen-bond acceptors (Lipinski definition) is 3. The molecule has 0 aromatic heterocycles. The highest BCUT2D eigenvalue weighted by Gasteiger charge is 2.49. The third-order valence-electron chi connectivity index (χ3n) is 5.58. The van der Waals surface area contributed by atoms with Crippen molar-refractivity contribution in [2.45, 2.75) is 31.9 Å². The number of nitrogens with zero attached hydrogens (tertiary/aromatic N) is 1. The van der Waals surface area contributed by atoms with Crippen LogP contribution >= 0.6 is 0 Å². The van der Waals surface area contributed by atoms with Crippen molar-refractivity contribution >= 4 is 18.1 Å². The van der Waals surface area contributed by atoms with Crippen LogP contribution in [0.15, 0.2) is 91.0 Å². The lowest BCUT2D eigenvalue weighted by Gasteiger charge is -2.27. The molecule has 0 bridgehead atoms. The van der Waals surface area contributed by atoms with Crippen LogP contribution in [0.25, 0.3) is 17.2 Å². The molecule has 0 aliphatic carbocycles. The topological polar surface area (TPSA) is 46.6 Å². The molecule has 1 heterocycles. The first-order chi connectivity index (χ1) is 14.9. The minimum atomic E-state index is -0.760. The molecule has 4 rings (SSSR count). The number of carbonyl (C=O) groups excluding carboxylic acids is 2. The fourth-order valence-electron chi connectivity index (χ4n) is 3.90. The van der Waals surface area contributed by atoms with Crippen molar-refractivity contribution in [2.75, 3.05) is 0 Å². The predicted octanol–water partition coefficient (Wildman–Crippen LogP) is 5.74. The van der Waals surface area contributed by atoms with Crippen LogP contribution in [0.1, 0.15) is 25.0 Å². The van der Waals surface area contributed by atoms with E-state index in [1.54, 1.807) is 6.08 Å². The van der Waals surface area contributed by atoms with Crippen molar-refractivity contribution in [3.63, 3.8) is 0 Å². The third kappa shape index (κ3) is 4.58. The monoisotopic (exact) mass is 411 g/mol. The number of hydrogen-bond donors (Lipinski definition) is 0. The summed E-state index contributed by atoms with van der Waals surface area (Å²) in [4.78, 5) is 26.8. The van der Waals surface area contributed by atoms with Crippen LogP contribution in [-0.4, -0.2) is 28.5 Å². The van der Waals surface area contributed by atoms with Gasteiger partial charge in [0.15, 0.2) is 0 Å². The summed E-state index contributed by atoms with van der Waals surface area (Å²) in [7, 11) is 0. The number of amides is 2. The van der Waals surface area contributed by atoms with Gasteiger partial charge in [-0.3, -0.25) is 4.79 Å². The molecule has 0 saturated carbocycles. The average Bonchev–Trinajstić information content (AvgIpc) is 3.01. The van der Waals surface area contributed by atoms with E-state index >= 15 is 0 Å². The van der Waals surface area contributed by atoms with Gasteiger partial charge in [0.1, 0.15) is 5.60 Å². The van der Waals surface area contributed by atoms with Gasteiger partial charge in [-0.15, -0.1) is 0 Å². The number of imide groups is 1. The van der Waals surface area contributed by atoms with Gasteiger partial charge < -0.3 is 4.74 Å². The molecule has 0 spiro atoms. The van der Waals surface area contributed by atoms with Gasteiger partial charge in [-0.1, -0.05) is 78.9 Å². The third-order valence-corrected chi connectivity index (χ3v) is 5.58. The molecule has 0 radical (unpaired) electrons. The van der Waals surface area contributed by atoms with Crippen molar-refractivity contribution in [2.24, 2.45) is 0 Å². The van der Waals surface area contributed by atoms with E-state index in [0.29, 0.717) is 6.42 Å². The highest BCUT2D eigenvalue weighted by molar-refractivity contribution is 6.02. The Balaban J connectivity index is 1.55. The van der Waals surface area contributed by atoms with Crippen molar-refractivity contribution < 1.29 is 14.3 Å². The van der Waals surface area contributed by atoms with Gasteiger partial charge >= 0.3 is 6.09 Å². The summed E-state index contributed by atoms with van der Waals surface area (Å²) >= 11 is 0. The first-order valence-corrected chi connectivity index (χ1v) is 10.4. The summed E-state index contributed by atoms with van der Waals surface area (Å²) in [6.45, 7) is 3.69. The molecule has 1 saturated heterocycles. The fraction of sp³-hybridized carbons (Fsp3) is 0.185. The maximum absolute atomic E-state index is 13.0. The van der Waals surface area contributed by atoms with Crippen LogP contribution in [0.4, 0.5) is 4.79 Å². The van der Waals surface area contributed by atoms with E-state index in [2.05, 4.69) is 0 Å². The zero-order valence-electron chi connectivity index (χ0n) is 17.7. The van der Waals surface area contributed by atoms with E-state index in [1.807, 2.05) is 98.8 Å². The van der Waals surface area contributed by atoms with Gasteiger partial charge in [0, 0.05) is 6.08 Å². The van der Waals surface area contributed by atoms with Crippen molar-refractivity contribution in [1.29, 1.82) is 0 Å². The summed E-state index contributed by atoms with van der Waals surface area (Å²) in [6.07, 6.45) is 3.14. The number of carbonyl (C=O) groups is 2. The molecule has 3 aromatic carbocycles. The normalized spacial score (nSPS) is 17.7. The van der Waals surface area contributed by atoms with E-state index in [0.717, 1.165) is 22.3 Å². The Bertz CT molecular complexity index is 1100. The van der Waals surface area contributed by atoms with E-state index in [-0.39, 0.29) is 11.9 Å². The minimum absolute atomic E-state index is 0.373. The van der Waals surface area contributed by atoms with Gasteiger partial charge in [-0.25, -0.2) is 9.69 Å². The summed E-state index contributed by atoms with van der Waals surface area (Å²) in [6, 6.07) is 27.5. The largest absolute Gasteiger partial charge is 0.441 e. The quantitative estimate of drug-likeness (QED) is 0.503. The van der Waals surface area contributed by atoms with Crippen LogP contribution < -0.4 is 0 Å². The number of ether oxygens (including phenoxy) is 1. The molecule has 4 nitrogen and oxygen atoms in total. The lowest BCUT2D eigenvalue weighted by atomic mass is 9.92. The Labute approximate surface area is 182 Å². The maximum atomic E-state index is 13.0. The zero-order valence-corrected chi connectivity index (χ0v) is 17.7.